The third-order valence-electron chi connectivity index (χ3n) is 3.90. The molecule has 1 aromatic heterocycles. The molecule has 0 bridgehead atoms. The number of hydrogen-bond donors (Lipinski definition) is 0. The Labute approximate surface area is 127 Å². The van der Waals surface area contributed by atoms with Crippen LogP contribution < -0.4 is 0 Å². The third-order valence-corrected chi connectivity index (χ3v) is 4.21. The van der Waals surface area contributed by atoms with Crippen LogP contribution in [0.1, 0.15) is 24.4 Å². The van der Waals surface area contributed by atoms with Crippen molar-refractivity contribution in [2.24, 2.45) is 0 Å². The summed E-state index contributed by atoms with van der Waals surface area (Å²) in [6.07, 6.45) is 2.32. The van der Waals surface area contributed by atoms with E-state index in [0.29, 0.717) is 17.4 Å². The number of alkyl halides is 1. The topological polar surface area (TPSA) is 17.8 Å². The monoisotopic (exact) mass is 300 g/mol. The molecule has 1 aliphatic carbocycles. The van der Waals surface area contributed by atoms with Gasteiger partial charge in [-0.3, -0.25) is 0 Å². The summed E-state index contributed by atoms with van der Waals surface area (Å²) >= 11 is 5.92. The normalized spacial score (nSPS) is 14.8. The minimum Gasteiger partial charge on any atom is -0.321 e. The van der Waals surface area contributed by atoms with Crippen molar-refractivity contribution in [3.63, 3.8) is 0 Å². The van der Waals surface area contributed by atoms with E-state index in [0.717, 1.165) is 35.3 Å². The highest BCUT2D eigenvalue weighted by Gasteiger charge is 2.28. The highest BCUT2D eigenvalue weighted by atomic mass is 35.5. The van der Waals surface area contributed by atoms with Gasteiger partial charge in [0, 0.05) is 23.6 Å². The molecule has 0 N–H and O–H groups in total. The zero-order valence-corrected chi connectivity index (χ0v) is 12.1. The van der Waals surface area contributed by atoms with Crippen molar-refractivity contribution in [3.05, 3.63) is 53.8 Å². The number of nitrogens with zero attached hydrogens (tertiary/aromatic N) is 2. The molecule has 1 heterocycles. The number of aromatic nitrogens is 2. The van der Waals surface area contributed by atoms with Crippen LogP contribution in [0.25, 0.3) is 22.4 Å². The van der Waals surface area contributed by atoms with Crippen LogP contribution in [-0.4, -0.2) is 9.55 Å². The van der Waals surface area contributed by atoms with E-state index >= 15 is 0 Å². The van der Waals surface area contributed by atoms with E-state index in [2.05, 4.69) is 15.6 Å². The molecule has 0 radical (unpaired) electrons. The van der Waals surface area contributed by atoms with Crippen molar-refractivity contribution in [2.75, 3.05) is 0 Å². The predicted octanol–water partition coefficient (Wildman–Crippen LogP) is 4.92. The number of halogens is 2. The minimum atomic E-state index is -0.246. The molecule has 1 saturated carbocycles. The first-order valence-corrected chi connectivity index (χ1v) is 7.62. The van der Waals surface area contributed by atoms with Crippen LogP contribution in [0.2, 0.25) is 0 Å². The summed E-state index contributed by atoms with van der Waals surface area (Å²) in [7, 11) is 0. The van der Waals surface area contributed by atoms with Crippen molar-refractivity contribution in [1.29, 1.82) is 0 Å². The smallest absolute Gasteiger partial charge is 0.141 e. The molecule has 2 nitrogen and oxygen atoms in total. The van der Waals surface area contributed by atoms with Gasteiger partial charge in [0.2, 0.25) is 0 Å². The first-order valence-electron chi connectivity index (χ1n) is 7.09. The maximum absolute atomic E-state index is 13.4. The Morgan fingerprint density at radius 3 is 2.81 bits per heavy atom. The lowest BCUT2D eigenvalue weighted by Crippen LogP contribution is -1.97. The average Bonchev–Trinajstić information content (AvgIpc) is 3.27. The molecule has 0 aliphatic heterocycles. The van der Waals surface area contributed by atoms with Crippen LogP contribution in [0.4, 0.5) is 4.39 Å². The van der Waals surface area contributed by atoms with Gasteiger partial charge >= 0.3 is 0 Å². The van der Waals surface area contributed by atoms with Crippen LogP contribution in [-0.2, 0) is 5.88 Å². The van der Waals surface area contributed by atoms with E-state index in [-0.39, 0.29) is 5.82 Å². The zero-order chi connectivity index (χ0) is 14.4. The average molecular weight is 301 g/mol. The third kappa shape index (κ3) is 2.22. The zero-order valence-electron chi connectivity index (χ0n) is 11.4. The van der Waals surface area contributed by atoms with Gasteiger partial charge in [-0.05, 0) is 36.6 Å². The summed E-state index contributed by atoms with van der Waals surface area (Å²) in [5, 5.41) is 0. The summed E-state index contributed by atoms with van der Waals surface area (Å²) < 4.78 is 15.7. The second kappa shape index (κ2) is 4.85. The van der Waals surface area contributed by atoms with Gasteiger partial charge < -0.3 is 4.57 Å². The first kappa shape index (κ1) is 12.8. The molecule has 106 valence electrons. The van der Waals surface area contributed by atoms with E-state index in [4.69, 9.17) is 11.6 Å². The second-order valence-electron chi connectivity index (χ2n) is 5.50. The van der Waals surface area contributed by atoms with Crippen molar-refractivity contribution < 1.29 is 4.39 Å². The fraction of sp³-hybridized carbons (Fsp3) is 0.235. The SMILES string of the molecule is Fc1ccc2c(c1)nc(-c1cccc(CCl)c1)n2C1CC1. The molecule has 3 aromatic rings. The van der Waals surface area contributed by atoms with Gasteiger partial charge in [0.15, 0.2) is 0 Å². The molecule has 1 aliphatic rings. The van der Waals surface area contributed by atoms with Gasteiger partial charge in [-0.1, -0.05) is 18.2 Å². The Hall–Kier alpha value is -1.87. The second-order valence-corrected chi connectivity index (χ2v) is 5.77. The number of benzene rings is 2. The van der Waals surface area contributed by atoms with E-state index < -0.39 is 0 Å². The highest BCUT2D eigenvalue weighted by Crippen LogP contribution is 2.41. The molecule has 0 spiro atoms. The Balaban J connectivity index is 1.96. The molecule has 1 fully saturated rings. The standard InChI is InChI=1S/C17H14ClFN2/c18-10-11-2-1-3-12(8-11)17-20-15-9-13(19)4-7-16(15)21(17)14-5-6-14/h1-4,7-9,14H,5-6,10H2. The minimum absolute atomic E-state index is 0.246. The molecule has 0 amide bonds. The number of rotatable bonds is 3. The van der Waals surface area contributed by atoms with Crippen molar-refractivity contribution in [3.8, 4) is 11.4 Å². The molecule has 0 unspecified atom stereocenters. The van der Waals surface area contributed by atoms with Crippen LogP contribution in [0.3, 0.4) is 0 Å². The molecule has 21 heavy (non-hydrogen) atoms. The number of fused-ring (bicyclic) bond motifs is 1. The molecule has 0 atom stereocenters. The molecular formula is C17H14ClFN2. The molecule has 0 saturated heterocycles. The van der Waals surface area contributed by atoms with E-state index in [9.17, 15) is 4.39 Å². The van der Waals surface area contributed by atoms with Gasteiger partial charge in [-0.15, -0.1) is 11.6 Å². The fourth-order valence-corrected chi connectivity index (χ4v) is 2.94. The highest BCUT2D eigenvalue weighted by molar-refractivity contribution is 6.17. The summed E-state index contributed by atoms with van der Waals surface area (Å²) in [5.74, 6) is 1.14. The summed E-state index contributed by atoms with van der Waals surface area (Å²) in [4.78, 5) is 4.66. The van der Waals surface area contributed by atoms with E-state index in [1.54, 1.807) is 0 Å². The van der Waals surface area contributed by atoms with Crippen LogP contribution in [0.5, 0.6) is 0 Å². The molecule has 2 aromatic carbocycles. The lowest BCUT2D eigenvalue weighted by atomic mass is 10.1. The van der Waals surface area contributed by atoms with Crippen molar-refractivity contribution in [1.82, 2.24) is 9.55 Å². The summed E-state index contributed by atoms with van der Waals surface area (Å²) in [6, 6.07) is 13.4. The summed E-state index contributed by atoms with van der Waals surface area (Å²) in [5.41, 5.74) is 3.82. The Morgan fingerprint density at radius 1 is 1.19 bits per heavy atom. The van der Waals surface area contributed by atoms with Crippen LogP contribution in [0.15, 0.2) is 42.5 Å². The Kier molecular flexibility index (Phi) is 2.96. The van der Waals surface area contributed by atoms with E-state index in [1.165, 1.54) is 12.1 Å². The fourth-order valence-electron chi connectivity index (χ4n) is 2.77. The van der Waals surface area contributed by atoms with Gasteiger partial charge in [-0.25, -0.2) is 9.37 Å². The maximum atomic E-state index is 13.4. The largest absolute Gasteiger partial charge is 0.321 e. The number of imidazole rings is 1. The van der Waals surface area contributed by atoms with Crippen LogP contribution in [0, 0.1) is 5.82 Å². The molecule has 4 heteroatoms. The first-order chi connectivity index (χ1) is 10.3. The summed E-state index contributed by atoms with van der Waals surface area (Å²) in [6.45, 7) is 0. The Morgan fingerprint density at radius 2 is 2.05 bits per heavy atom. The Bertz CT molecular complexity index is 821. The van der Waals surface area contributed by atoms with Gasteiger partial charge in [0.1, 0.15) is 11.6 Å². The van der Waals surface area contributed by atoms with Gasteiger partial charge in [0.05, 0.1) is 11.0 Å². The van der Waals surface area contributed by atoms with E-state index in [1.807, 2.05) is 24.3 Å². The van der Waals surface area contributed by atoms with Crippen molar-refractivity contribution in [2.45, 2.75) is 24.8 Å². The van der Waals surface area contributed by atoms with Crippen LogP contribution >= 0.6 is 11.6 Å². The van der Waals surface area contributed by atoms with Crippen molar-refractivity contribution >= 4 is 22.6 Å². The molecule has 4 rings (SSSR count). The maximum Gasteiger partial charge on any atom is 0.141 e. The number of hydrogen-bond acceptors (Lipinski definition) is 1. The lowest BCUT2D eigenvalue weighted by Gasteiger charge is -2.08. The quantitative estimate of drug-likeness (QED) is 0.628. The van der Waals surface area contributed by atoms with Gasteiger partial charge in [0.25, 0.3) is 0 Å². The lowest BCUT2D eigenvalue weighted by molar-refractivity contribution is 0.629. The molecular weight excluding hydrogens is 287 g/mol. The predicted molar refractivity (Wildman–Crippen MR) is 83.0 cm³/mol. The van der Waals surface area contributed by atoms with Gasteiger partial charge in [-0.2, -0.15) is 0 Å².